The van der Waals surface area contributed by atoms with E-state index >= 15 is 0 Å². The van der Waals surface area contributed by atoms with Crippen LogP contribution in [-0.2, 0) is 28.2 Å². The molecule has 0 aliphatic carbocycles. The van der Waals surface area contributed by atoms with Crippen molar-refractivity contribution in [2.45, 2.75) is 25.1 Å². The van der Waals surface area contributed by atoms with Crippen molar-refractivity contribution in [2.75, 3.05) is 11.6 Å². The first-order chi connectivity index (χ1) is 8.09. The highest BCUT2D eigenvalue weighted by Crippen LogP contribution is 2.19. The molecule has 1 aromatic heterocycles. The number of nitrogens with zero attached hydrogens (tertiary/aromatic N) is 2. The number of hydrogen-bond acceptors (Lipinski definition) is 5. The summed E-state index contributed by atoms with van der Waals surface area (Å²) in [5.41, 5.74) is 6.16. The fraction of sp³-hybridized carbons (Fsp3) is 0.600. The monoisotopic (exact) mass is 274 g/mol. The zero-order valence-corrected chi connectivity index (χ0v) is 11.7. The second-order valence-corrected chi connectivity index (χ2v) is 7.18. The number of rotatable bonds is 4. The summed E-state index contributed by atoms with van der Waals surface area (Å²) in [6.45, 7) is 2.91. The average molecular weight is 274 g/mol. The summed E-state index contributed by atoms with van der Waals surface area (Å²) >= 11 is 0. The lowest BCUT2D eigenvalue weighted by Gasteiger charge is -2.20. The van der Waals surface area contributed by atoms with Gasteiger partial charge in [0.15, 0.2) is 15.7 Å². The number of carbonyl (C=O) groups is 1. The SMILES string of the molecule is Cn1cc(CN)c(NC(=O)C(C)(C)S(C)(=O)=O)n1. The Bertz CT molecular complexity index is 560. The molecule has 0 aliphatic rings. The van der Waals surface area contributed by atoms with Gasteiger partial charge in [0.1, 0.15) is 4.75 Å². The number of amides is 1. The van der Waals surface area contributed by atoms with Gasteiger partial charge in [-0.05, 0) is 13.8 Å². The van der Waals surface area contributed by atoms with Crippen molar-refractivity contribution in [1.82, 2.24) is 9.78 Å². The second-order valence-electron chi connectivity index (χ2n) is 4.62. The third kappa shape index (κ3) is 2.70. The Balaban J connectivity index is 3.02. The van der Waals surface area contributed by atoms with Gasteiger partial charge in [0.25, 0.3) is 0 Å². The highest BCUT2D eigenvalue weighted by atomic mass is 32.2. The smallest absolute Gasteiger partial charge is 0.246 e. The molecule has 0 aliphatic heterocycles. The number of nitrogens with two attached hydrogens (primary N) is 1. The third-order valence-electron chi connectivity index (χ3n) is 2.83. The molecule has 0 atom stereocenters. The summed E-state index contributed by atoms with van der Waals surface area (Å²) in [5, 5.41) is 6.53. The Morgan fingerprint density at radius 3 is 2.56 bits per heavy atom. The number of anilines is 1. The van der Waals surface area contributed by atoms with Crippen LogP contribution in [0.4, 0.5) is 5.82 Å². The minimum atomic E-state index is -3.51. The van der Waals surface area contributed by atoms with E-state index in [1.54, 1.807) is 13.2 Å². The molecule has 1 aromatic rings. The van der Waals surface area contributed by atoms with Crippen molar-refractivity contribution in [3.8, 4) is 0 Å². The molecule has 0 bridgehead atoms. The standard InChI is InChI=1S/C10H18N4O3S/c1-10(2,18(4,16)17)9(15)12-8-7(5-11)6-14(3)13-8/h6H,5,11H2,1-4H3,(H,12,13,15). The summed E-state index contributed by atoms with van der Waals surface area (Å²) in [6, 6.07) is 0. The molecule has 7 nitrogen and oxygen atoms in total. The third-order valence-corrected chi connectivity index (χ3v) is 4.87. The van der Waals surface area contributed by atoms with Crippen LogP contribution in [-0.4, -0.2) is 35.1 Å². The zero-order valence-electron chi connectivity index (χ0n) is 10.9. The van der Waals surface area contributed by atoms with E-state index in [0.29, 0.717) is 11.4 Å². The van der Waals surface area contributed by atoms with E-state index in [0.717, 1.165) is 6.26 Å². The lowest BCUT2D eigenvalue weighted by Crippen LogP contribution is -2.44. The summed E-state index contributed by atoms with van der Waals surface area (Å²) < 4.78 is 23.1. The number of sulfone groups is 1. The molecule has 8 heteroatoms. The van der Waals surface area contributed by atoms with E-state index in [4.69, 9.17) is 5.73 Å². The number of aryl methyl sites for hydroxylation is 1. The summed E-state index contributed by atoms with van der Waals surface area (Å²) in [5.74, 6) is -0.333. The summed E-state index contributed by atoms with van der Waals surface area (Å²) in [7, 11) is -1.82. The van der Waals surface area contributed by atoms with Crippen LogP contribution in [0.2, 0.25) is 0 Å². The van der Waals surface area contributed by atoms with E-state index in [1.807, 2.05) is 0 Å². The summed E-state index contributed by atoms with van der Waals surface area (Å²) in [6.07, 6.45) is 2.69. The van der Waals surface area contributed by atoms with Gasteiger partial charge in [-0.1, -0.05) is 0 Å². The van der Waals surface area contributed by atoms with Crippen molar-refractivity contribution in [1.29, 1.82) is 0 Å². The molecule has 3 N–H and O–H groups in total. The van der Waals surface area contributed by atoms with E-state index in [-0.39, 0.29) is 6.54 Å². The fourth-order valence-corrected chi connectivity index (χ4v) is 1.61. The number of hydrogen-bond donors (Lipinski definition) is 2. The molecule has 1 amide bonds. The topological polar surface area (TPSA) is 107 Å². The van der Waals surface area contributed by atoms with Gasteiger partial charge in [0, 0.05) is 31.6 Å². The van der Waals surface area contributed by atoms with Crippen LogP contribution in [0.5, 0.6) is 0 Å². The first-order valence-corrected chi connectivity index (χ1v) is 7.22. The molecule has 1 heterocycles. The Hall–Kier alpha value is -1.41. The molecule has 0 aromatic carbocycles. The Kier molecular flexibility index (Phi) is 3.82. The van der Waals surface area contributed by atoms with Crippen LogP contribution in [0.3, 0.4) is 0 Å². The van der Waals surface area contributed by atoms with Gasteiger partial charge in [-0.2, -0.15) is 5.10 Å². The largest absolute Gasteiger partial charge is 0.326 e. The molecule has 0 saturated heterocycles. The molecule has 0 saturated carbocycles. The van der Waals surface area contributed by atoms with Gasteiger partial charge in [0.05, 0.1) is 0 Å². The van der Waals surface area contributed by atoms with E-state index in [2.05, 4.69) is 10.4 Å². The normalized spacial score (nSPS) is 12.5. The molecule has 1 rings (SSSR count). The maximum Gasteiger partial charge on any atom is 0.246 e. The minimum Gasteiger partial charge on any atom is -0.326 e. The Labute approximate surface area is 106 Å². The van der Waals surface area contributed by atoms with Gasteiger partial charge in [-0.25, -0.2) is 8.42 Å². The van der Waals surface area contributed by atoms with E-state index in [9.17, 15) is 13.2 Å². The van der Waals surface area contributed by atoms with Crippen molar-refractivity contribution in [3.63, 3.8) is 0 Å². The minimum absolute atomic E-state index is 0.211. The maximum absolute atomic E-state index is 12.0. The highest BCUT2D eigenvalue weighted by Gasteiger charge is 2.39. The van der Waals surface area contributed by atoms with Crippen LogP contribution in [0.15, 0.2) is 6.20 Å². The number of carbonyl (C=O) groups excluding carboxylic acids is 1. The van der Waals surface area contributed by atoms with Crippen molar-refractivity contribution < 1.29 is 13.2 Å². The summed E-state index contributed by atoms with van der Waals surface area (Å²) in [4.78, 5) is 12.0. The quantitative estimate of drug-likeness (QED) is 0.779. The number of nitrogens with one attached hydrogen (secondary N) is 1. The Morgan fingerprint density at radius 2 is 2.11 bits per heavy atom. The van der Waals surface area contributed by atoms with Gasteiger partial charge in [-0.15, -0.1) is 0 Å². The molecule has 18 heavy (non-hydrogen) atoms. The van der Waals surface area contributed by atoms with Gasteiger partial charge < -0.3 is 11.1 Å². The van der Waals surface area contributed by atoms with Crippen molar-refractivity contribution in [2.24, 2.45) is 12.8 Å². The predicted molar refractivity (Wildman–Crippen MR) is 68.7 cm³/mol. The lowest BCUT2D eigenvalue weighted by atomic mass is 10.2. The predicted octanol–water partition coefficient (Wildman–Crippen LogP) is -0.359. The first kappa shape index (κ1) is 14.7. The fourth-order valence-electron chi connectivity index (χ4n) is 1.22. The van der Waals surface area contributed by atoms with Crippen LogP contribution in [0.1, 0.15) is 19.4 Å². The average Bonchev–Trinajstić information content (AvgIpc) is 2.56. The lowest BCUT2D eigenvalue weighted by molar-refractivity contribution is -0.117. The van der Waals surface area contributed by atoms with Crippen LogP contribution in [0.25, 0.3) is 0 Å². The first-order valence-electron chi connectivity index (χ1n) is 5.33. The number of aromatic nitrogens is 2. The highest BCUT2D eigenvalue weighted by molar-refractivity contribution is 7.92. The molecule has 0 spiro atoms. The second kappa shape index (κ2) is 4.69. The van der Waals surface area contributed by atoms with Crippen LogP contribution < -0.4 is 11.1 Å². The van der Waals surface area contributed by atoms with Crippen LogP contribution >= 0.6 is 0 Å². The van der Waals surface area contributed by atoms with Crippen LogP contribution in [0, 0.1) is 0 Å². The molecule has 0 radical (unpaired) electrons. The molecule has 0 fully saturated rings. The molecular weight excluding hydrogens is 256 g/mol. The van der Waals surface area contributed by atoms with Gasteiger partial charge >= 0.3 is 0 Å². The van der Waals surface area contributed by atoms with Gasteiger partial charge in [-0.3, -0.25) is 9.48 Å². The van der Waals surface area contributed by atoms with Crippen molar-refractivity contribution in [3.05, 3.63) is 11.8 Å². The van der Waals surface area contributed by atoms with E-state index in [1.165, 1.54) is 18.5 Å². The maximum atomic E-state index is 12.0. The zero-order chi connectivity index (χ0) is 14.1. The molecule has 0 unspecified atom stereocenters. The van der Waals surface area contributed by atoms with Crippen molar-refractivity contribution >= 4 is 21.6 Å². The Morgan fingerprint density at radius 1 is 1.56 bits per heavy atom. The molecular formula is C10H18N4O3S. The van der Waals surface area contributed by atoms with Gasteiger partial charge in [0.2, 0.25) is 5.91 Å². The van der Waals surface area contributed by atoms with E-state index < -0.39 is 20.5 Å². The molecule has 102 valence electrons.